The van der Waals surface area contributed by atoms with Gasteiger partial charge >= 0.3 is 0 Å². The summed E-state index contributed by atoms with van der Waals surface area (Å²) in [5.41, 5.74) is 7.43. The van der Waals surface area contributed by atoms with Crippen LogP contribution in [0.3, 0.4) is 0 Å². The van der Waals surface area contributed by atoms with Crippen LogP contribution in [0.15, 0.2) is 22.7 Å². The number of halogens is 1. The van der Waals surface area contributed by atoms with Crippen molar-refractivity contribution in [2.75, 3.05) is 11.4 Å². The highest BCUT2D eigenvalue weighted by atomic mass is 79.9. The zero-order chi connectivity index (χ0) is 14.0. The summed E-state index contributed by atoms with van der Waals surface area (Å²) in [5.74, 6) is -0.516. The number of nitrogens with one attached hydrogen (secondary N) is 1. The smallest absolute Gasteiger partial charge is 0.249 e. The van der Waals surface area contributed by atoms with E-state index in [-0.39, 0.29) is 24.4 Å². The first-order valence-electron chi connectivity index (χ1n) is 6.15. The Morgan fingerprint density at radius 2 is 2.21 bits per heavy atom. The van der Waals surface area contributed by atoms with Gasteiger partial charge < -0.3 is 10.6 Å². The fourth-order valence-electron chi connectivity index (χ4n) is 2.24. The van der Waals surface area contributed by atoms with Gasteiger partial charge in [-0.2, -0.15) is 0 Å². The molecule has 6 heteroatoms. The Kier molecular flexibility index (Phi) is 4.21. The fourth-order valence-corrected chi connectivity index (χ4v) is 2.89. The summed E-state index contributed by atoms with van der Waals surface area (Å²) >= 11 is 3.48. The number of anilines is 1. The summed E-state index contributed by atoms with van der Waals surface area (Å²) in [7, 11) is 0. The number of carbonyl (C=O) groups is 2. The SMILES string of the molecule is CCC1C(=O)NC(=O)CN1c1ccc(CN)cc1Br. The van der Waals surface area contributed by atoms with Crippen molar-refractivity contribution in [3.8, 4) is 0 Å². The fraction of sp³-hybridized carbons (Fsp3) is 0.385. The predicted molar refractivity (Wildman–Crippen MR) is 76.6 cm³/mol. The van der Waals surface area contributed by atoms with Gasteiger partial charge in [-0.05, 0) is 40.0 Å². The van der Waals surface area contributed by atoms with Gasteiger partial charge in [-0.15, -0.1) is 0 Å². The molecular formula is C13H16BrN3O2. The predicted octanol–water partition coefficient (Wildman–Crippen LogP) is 1.15. The summed E-state index contributed by atoms with van der Waals surface area (Å²) in [6, 6.07) is 5.39. The molecule has 102 valence electrons. The lowest BCUT2D eigenvalue weighted by molar-refractivity contribution is -0.132. The Morgan fingerprint density at radius 1 is 1.47 bits per heavy atom. The zero-order valence-corrected chi connectivity index (χ0v) is 12.2. The number of hydrogen-bond acceptors (Lipinski definition) is 4. The van der Waals surface area contributed by atoms with Crippen LogP contribution < -0.4 is 16.0 Å². The quantitative estimate of drug-likeness (QED) is 0.817. The van der Waals surface area contributed by atoms with Crippen molar-refractivity contribution in [2.45, 2.75) is 25.9 Å². The summed E-state index contributed by atoms with van der Waals surface area (Å²) < 4.78 is 0.844. The van der Waals surface area contributed by atoms with E-state index in [2.05, 4.69) is 21.2 Å². The molecule has 0 aliphatic carbocycles. The molecule has 0 radical (unpaired) electrons. The molecule has 3 N–H and O–H groups in total. The van der Waals surface area contributed by atoms with Gasteiger partial charge in [0.05, 0.1) is 12.2 Å². The molecule has 0 aromatic heterocycles. The molecule has 2 amide bonds. The van der Waals surface area contributed by atoms with Crippen LogP contribution in [-0.2, 0) is 16.1 Å². The third-order valence-corrected chi connectivity index (χ3v) is 3.83. The second-order valence-electron chi connectivity index (χ2n) is 4.45. The van der Waals surface area contributed by atoms with Crippen molar-refractivity contribution in [1.82, 2.24) is 5.32 Å². The molecule has 1 saturated heterocycles. The second kappa shape index (κ2) is 5.71. The standard InChI is InChI=1S/C13H16BrN3O2/c1-2-10-13(19)16-12(18)7-17(10)11-4-3-8(6-15)5-9(11)14/h3-5,10H,2,6-7,15H2,1H3,(H,16,18,19). The van der Waals surface area contributed by atoms with E-state index < -0.39 is 0 Å². The van der Waals surface area contributed by atoms with E-state index in [1.165, 1.54) is 0 Å². The van der Waals surface area contributed by atoms with E-state index in [9.17, 15) is 9.59 Å². The molecule has 19 heavy (non-hydrogen) atoms. The minimum absolute atomic E-state index is 0.185. The molecule has 1 fully saturated rings. The van der Waals surface area contributed by atoms with Crippen LogP contribution in [0.25, 0.3) is 0 Å². The van der Waals surface area contributed by atoms with Crippen LogP contribution in [0, 0.1) is 0 Å². The maximum atomic E-state index is 11.8. The van der Waals surface area contributed by atoms with Gasteiger partial charge in [-0.1, -0.05) is 13.0 Å². The molecular weight excluding hydrogens is 310 g/mol. The second-order valence-corrected chi connectivity index (χ2v) is 5.31. The molecule has 5 nitrogen and oxygen atoms in total. The van der Waals surface area contributed by atoms with Gasteiger partial charge in [0, 0.05) is 11.0 Å². The van der Waals surface area contributed by atoms with Crippen molar-refractivity contribution in [1.29, 1.82) is 0 Å². The van der Waals surface area contributed by atoms with Crippen LogP contribution in [0.4, 0.5) is 5.69 Å². The van der Waals surface area contributed by atoms with Gasteiger partial charge in [0.15, 0.2) is 0 Å². The van der Waals surface area contributed by atoms with E-state index in [1.54, 1.807) is 0 Å². The highest BCUT2D eigenvalue weighted by Crippen LogP contribution is 2.30. The number of rotatable bonds is 3. The highest BCUT2D eigenvalue weighted by molar-refractivity contribution is 9.10. The normalized spacial score (nSPS) is 19.5. The van der Waals surface area contributed by atoms with E-state index in [4.69, 9.17) is 5.73 Å². The lowest BCUT2D eigenvalue weighted by atomic mass is 10.1. The van der Waals surface area contributed by atoms with Crippen molar-refractivity contribution >= 4 is 33.4 Å². The van der Waals surface area contributed by atoms with Gasteiger partial charge in [0.25, 0.3) is 0 Å². The van der Waals surface area contributed by atoms with Crippen LogP contribution >= 0.6 is 15.9 Å². The Hall–Kier alpha value is -1.40. The van der Waals surface area contributed by atoms with Crippen LogP contribution in [0.5, 0.6) is 0 Å². The first-order chi connectivity index (χ1) is 9.06. The minimum atomic E-state index is -0.322. The van der Waals surface area contributed by atoms with Crippen molar-refractivity contribution in [2.24, 2.45) is 5.73 Å². The average Bonchev–Trinajstić information content (AvgIpc) is 2.37. The number of imide groups is 1. The van der Waals surface area contributed by atoms with Crippen molar-refractivity contribution in [3.63, 3.8) is 0 Å². The Bertz CT molecular complexity index is 519. The van der Waals surface area contributed by atoms with Gasteiger partial charge in [0.2, 0.25) is 11.8 Å². The Balaban J connectivity index is 2.37. The monoisotopic (exact) mass is 325 g/mol. The van der Waals surface area contributed by atoms with E-state index in [0.29, 0.717) is 13.0 Å². The molecule has 0 bridgehead atoms. The van der Waals surface area contributed by atoms with Crippen molar-refractivity contribution < 1.29 is 9.59 Å². The molecule has 1 atom stereocenters. The number of nitrogens with two attached hydrogens (primary N) is 1. The maximum absolute atomic E-state index is 11.8. The average molecular weight is 326 g/mol. The third-order valence-electron chi connectivity index (χ3n) is 3.20. The molecule has 1 heterocycles. The molecule has 1 aromatic rings. The number of carbonyl (C=O) groups excluding carboxylic acids is 2. The van der Waals surface area contributed by atoms with E-state index in [0.717, 1.165) is 15.7 Å². The van der Waals surface area contributed by atoms with E-state index >= 15 is 0 Å². The first kappa shape index (κ1) is 14.0. The maximum Gasteiger partial charge on any atom is 0.249 e. The van der Waals surface area contributed by atoms with Gasteiger partial charge in [-0.25, -0.2) is 0 Å². The van der Waals surface area contributed by atoms with E-state index in [1.807, 2.05) is 30.0 Å². The lowest BCUT2D eigenvalue weighted by Gasteiger charge is -2.35. The van der Waals surface area contributed by atoms with Crippen LogP contribution in [-0.4, -0.2) is 24.4 Å². The first-order valence-corrected chi connectivity index (χ1v) is 6.95. The topological polar surface area (TPSA) is 75.4 Å². The summed E-state index contributed by atoms with van der Waals surface area (Å²) in [5, 5.41) is 2.37. The number of amides is 2. The Labute approximate surface area is 120 Å². The highest BCUT2D eigenvalue weighted by Gasteiger charge is 2.33. The summed E-state index contributed by atoms with van der Waals surface area (Å²) in [6.45, 7) is 2.57. The largest absolute Gasteiger partial charge is 0.349 e. The molecule has 1 aliphatic rings. The summed E-state index contributed by atoms with van der Waals surface area (Å²) in [4.78, 5) is 25.2. The van der Waals surface area contributed by atoms with Crippen LogP contribution in [0.1, 0.15) is 18.9 Å². The number of piperazine rings is 1. The minimum Gasteiger partial charge on any atom is -0.349 e. The van der Waals surface area contributed by atoms with Gasteiger partial charge in [-0.3, -0.25) is 14.9 Å². The summed E-state index contributed by atoms with van der Waals surface area (Å²) in [6.07, 6.45) is 0.643. The molecule has 1 aliphatic heterocycles. The van der Waals surface area contributed by atoms with Gasteiger partial charge in [0.1, 0.15) is 6.04 Å². The Morgan fingerprint density at radius 3 is 2.79 bits per heavy atom. The number of benzene rings is 1. The molecule has 1 aromatic carbocycles. The lowest BCUT2D eigenvalue weighted by Crippen LogP contribution is -2.58. The molecule has 0 spiro atoms. The third kappa shape index (κ3) is 2.79. The molecule has 0 saturated carbocycles. The zero-order valence-electron chi connectivity index (χ0n) is 10.6. The van der Waals surface area contributed by atoms with Crippen molar-refractivity contribution in [3.05, 3.63) is 28.2 Å². The number of nitrogens with zero attached hydrogens (tertiary/aromatic N) is 1. The number of hydrogen-bond donors (Lipinski definition) is 2. The molecule has 1 unspecified atom stereocenters. The molecule has 2 rings (SSSR count). The van der Waals surface area contributed by atoms with Crippen LogP contribution in [0.2, 0.25) is 0 Å².